The highest BCUT2D eigenvalue weighted by atomic mass is 79.9. The molecule has 1 unspecified atom stereocenters. The van der Waals surface area contributed by atoms with Gasteiger partial charge >= 0.3 is 12.1 Å². The summed E-state index contributed by atoms with van der Waals surface area (Å²) in [5.74, 6) is -1.02. The van der Waals surface area contributed by atoms with Gasteiger partial charge in [-0.1, -0.05) is 18.5 Å². The quantitative estimate of drug-likeness (QED) is 0.489. The lowest BCUT2D eigenvalue weighted by molar-refractivity contribution is -0.0893. The molecule has 0 spiro atoms. The third-order valence-corrected chi connectivity index (χ3v) is 6.39. The van der Waals surface area contributed by atoms with Crippen LogP contribution in [0.15, 0.2) is 21.0 Å². The van der Waals surface area contributed by atoms with Crippen molar-refractivity contribution in [1.29, 1.82) is 0 Å². The van der Waals surface area contributed by atoms with Crippen molar-refractivity contribution in [3.63, 3.8) is 0 Å². The molecule has 1 saturated heterocycles. The van der Waals surface area contributed by atoms with Crippen LogP contribution < -0.4 is 5.32 Å². The summed E-state index contributed by atoms with van der Waals surface area (Å²) >= 11 is 9.44. The molecule has 2 heterocycles. The Kier molecular flexibility index (Phi) is 8.21. The monoisotopic (exact) mass is 517 g/mol. The van der Waals surface area contributed by atoms with Crippen LogP contribution in [0.25, 0.3) is 11.0 Å². The van der Waals surface area contributed by atoms with Gasteiger partial charge in [0.15, 0.2) is 0 Å². The Hall–Kier alpha value is -1.81. The lowest BCUT2D eigenvalue weighted by Crippen LogP contribution is -2.37. The van der Waals surface area contributed by atoms with E-state index in [1.807, 2.05) is 6.92 Å². The number of benzene rings is 1. The number of anilines is 1. The standard InChI is InChI=1S/C21H25BrClNO7/c1-3-12-7-16(25)11(10-30-12)5-6-29-20(26)19-18(24-21(27)28-4-2)13-8-14(22)15(23)9-17(13)31-19/h8-9,11-12,16,25H,3-7,10H2,1-2H3,(H,24,27)/t11?,12-,16-/m0/s1. The Bertz CT molecular complexity index is 947. The maximum absolute atomic E-state index is 12.7. The number of aliphatic hydroxyl groups excluding tert-OH is 1. The van der Waals surface area contributed by atoms with Gasteiger partial charge in [-0.15, -0.1) is 0 Å². The Balaban J connectivity index is 1.73. The molecule has 0 bridgehead atoms. The molecule has 0 aliphatic carbocycles. The first-order chi connectivity index (χ1) is 14.8. The van der Waals surface area contributed by atoms with Crippen molar-refractivity contribution >= 4 is 56.3 Å². The number of esters is 1. The van der Waals surface area contributed by atoms with Crippen molar-refractivity contribution in [3.8, 4) is 0 Å². The molecular formula is C21H25BrClNO7. The van der Waals surface area contributed by atoms with Crippen LogP contribution in [0.3, 0.4) is 0 Å². The molecule has 0 radical (unpaired) electrons. The smallest absolute Gasteiger partial charge is 0.411 e. The molecule has 2 N–H and O–H groups in total. The predicted molar refractivity (Wildman–Crippen MR) is 119 cm³/mol. The minimum Gasteiger partial charge on any atom is -0.460 e. The van der Waals surface area contributed by atoms with E-state index < -0.39 is 18.2 Å². The first-order valence-electron chi connectivity index (χ1n) is 10.2. The maximum atomic E-state index is 12.7. The minimum atomic E-state index is -0.743. The first kappa shape index (κ1) is 23.8. The van der Waals surface area contributed by atoms with Crippen LogP contribution in [-0.4, -0.2) is 49.2 Å². The molecule has 10 heteroatoms. The van der Waals surface area contributed by atoms with Crippen LogP contribution in [0.1, 0.15) is 43.7 Å². The van der Waals surface area contributed by atoms with E-state index >= 15 is 0 Å². The lowest BCUT2D eigenvalue weighted by atomic mass is 9.92. The topological polar surface area (TPSA) is 107 Å². The van der Waals surface area contributed by atoms with Crippen molar-refractivity contribution in [3.05, 3.63) is 27.4 Å². The molecule has 8 nitrogen and oxygen atoms in total. The summed E-state index contributed by atoms with van der Waals surface area (Å²) in [6.07, 6.45) is 0.708. The number of hydrogen-bond acceptors (Lipinski definition) is 7. The van der Waals surface area contributed by atoms with Crippen molar-refractivity contribution in [1.82, 2.24) is 0 Å². The van der Waals surface area contributed by atoms with Gasteiger partial charge in [0.25, 0.3) is 0 Å². The fourth-order valence-electron chi connectivity index (χ4n) is 3.46. The number of rotatable bonds is 7. The summed E-state index contributed by atoms with van der Waals surface area (Å²) in [5.41, 5.74) is 0.455. The van der Waals surface area contributed by atoms with Gasteiger partial charge in [0.1, 0.15) is 11.3 Å². The molecule has 3 rings (SSSR count). The average Bonchev–Trinajstić information content (AvgIpc) is 3.06. The van der Waals surface area contributed by atoms with Crippen molar-refractivity contribution in [2.45, 2.75) is 45.3 Å². The lowest BCUT2D eigenvalue weighted by Gasteiger charge is -2.32. The molecule has 170 valence electrons. The second-order valence-electron chi connectivity index (χ2n) is 7.27. The molecule has 1 fully saturated rings. The van der Waals surface area contributed by atoms with E-state index in [9.17, 15) is 14.7 Å². The van der Waals surface area contributed by atoms with Crippen molar-refractivity contribution in [2.24, 2.45) is 5.92 Å². The SMILES string of the molecule is CCOC(=O)Nc1c(C(=O)OCCC2CO[C@@H](CC)C[C@@H]2O)oc2cc(Cl)c(Br)cc12. The largest absolute Gasteiger partial charge is 0.460 e. The normalized spacial score (nSPS) is 21.1. The number of carbonyl (C=O) groups is 2. The molecule has 1 aromatic carbocycles. The third kappa shape index (κ3) is 5.71. The zero-order valence-corrected chi connectivity index (χ0v) is 19.6. The van der Waals surface area contributed by atoms with Gasteiger partial charge in [-0.25, -0.2) is 9.59 Å². The summed E-state index contributed by atoms with van der Waals surface area (Å²) in [4.78, 5) is 24.7. The van der Waals surface area contributed by atoms with Crippen LogP contribution >= 0.6 is 27.5 Å². The van der Waals surface area contributed by atoms with Gasteiger partial charge in [-0.05, 0) is 48.2 Å². The zero-order valence-electron chi connectivity index (χ0n) is 17.3. The van der Waals surface area contributed by atoms with Crippen LogP contribution in [0, 0.1) is 5.92 Å². The number of ether oxygens (including phenoxy) is 3. The number of hydrogen-bond donors (Lipinski definition) is 2. The molecule has 1 aromatic heterocycles. The summed E-state index contributed by atoms with van der Waals surface area (Å²) in [5, 5.41) is 13.7. The Labute approximate surface area is 193 Å². The predicted octanol–water partition coefficient (Wildman–Crippen LogP) is 5.14. The molecule has 3 atom stereocenters. The highest BCUT2D eigenvalue weighted by molar-refractivity contribution is 9.10. The highest BCUT2D eigenvalue weighted by Gasteiger charge is 2.30. The van der Waals surface area contributed by atoms with Crippen LogP contribution in [0.4, 0.5) is 10.5 Å². The molecular weight excluding hydrogens is 494 g/mol. The van der Waals surface area contributed by atoms with E-state index in [-0.39, 0.29) is 36.7 Å². The second-order valence-corrected chi connectivity index (χ2v) is 8.53. The number of furan rings is 1. The van der Waals surface area contributed by atoms with Gasteiger partial charge in [-0.2, -0.15) is 0 Å². The van der Waals surface area contributed by atoms with Crippen LogP contribution in [-0.2, 0) is 14.2 Å². The fourth-order valence-corrected chi connectivity index (χ4v) is 3.96. The van der Waals surface area contributed by atoms with Gasteiger partial charge in [0, 0.05) is 21.8 Å². The van der Waals surface area contributed by atoms with E-state index in [0.29, 0.717) is 39.9 Å². The van der Waals surface area contributed by atoms with Gasteiger partial charge in [0.2, 0.25) is 5.76 Å². The Morgan fingerprint density at radius 2 is 2.10 bits per heavy atom. The Morgan fingerprint density at radius 1 is 1.32 bits per heavy atom. The average molecular weight is 519 g/mol. The van der Waals surface area contributed by atoms with E-state index in [0.717, 1.165) is 6.42 Å². The van der Waals surface area contributed by atoms with E-state index in [4.69, 9.17) is 30.2 Å². The summed E-state index contributed by atoms with van der Waals surface area (Å²) in [7, 11) is 0. The Morgan fingerprint density at radius 3 is 2.77 bits per heavy atom. The number of halogens is 2. The molecule has 31 heavy (non-hydrogen) atoms. The van der Waals surface area contributed by atoms with Crippen LogP contribution in [0.5, 0.6) is 0 Å². The number of fused-ring (bicyclic) bond motifs is 1. The molecule has 2 aromatic rings. The molecule has 1 aliphatic heterocycles. The summed E-state index contributed by atoms with van der Waals surface area (Å²) in [6.45, 7) is 4.35. The summed E-state index contributed by atoms with van der Waals surface area (Å²) in [6, 6.07) is 3.17. The van der Waals surface area contributed by atoms with Crippen molar-refractivity contribution < 1.29 is 33.3 Å². The van der Waals surface area contributed by atoms with E-state index in [2.05, 4.69) is 21.2 Å². The second kappa shape index (κ2) is 10.7. The number of nitrogens with one attached hydrogen (secondary N) is 1. The maximum Gasteiger partial charge on any atom is 0.411 e. The molecule has 1 aliphatic rings. The number of amides is 1. The van der Waals surface area contributed by atoms with Gasteiger partial charge < -0.3 is 23.7 Å². The zero-order chi connectivity index (χ0) is 22.5. The number of aliphatic hydroxyl groups is 1. The van der Waals surface area contributed by atoms with Crippen LogP contribution in [0.2, 0.25) is 5.02 Å². The van der Waals surface area contributed by atoms with Crippen molar-refractivity contribution in [2.75, 3.05) is 25.1 Å². The van der Waals surface area contributed by atoms with E-state index in [1.165, 1.54) is 6.07 Å². The molecule has 1 amide bonds. The molecule has 0 saturated carbocycles. The van der Waals surface area contributed by atoms with E-state index in [1.54, 1.807) is 13.0 Å². The minimum absolute atomic E-state index is 0.0620. The van der Waals surface area contributed by atoms with Gasteiger partial charge in [-0.3, -0.25) is 5.32 Å². The third-order valence-electron chi connectivity index (χ3n) is 5.19. The first-order valence-corrected chi connectivity index (χ1v) is 11.3. The summed E-state index contributed by atoms with van der Waals surface area (Å²) < 4.78 is 22.2. The van der Waals surface area contributed by atoms with Gasteiger partial charge in [0.05, 0.1) is 37.1 Å². The number of carbonyl (C=O) groups excluding carboxylic acids is 2. The fraction of sp³-hybridized carbons (Fsp3) is 0.524. The highest BCUT2D eigenvalue weighted by Crippen LogP contribution is 2.37.